The van der Waals surface area contributed by atoms with Crippen molar-refractivity contribution >= 4 is 0 Å². The number of rotatable bonds is 0. The van der Waals surface area contributed by atoms with E-state index in [1.54, 1.807) is 0 Å². The molecule has 0 radical (unpaired) electrons. The zero-order valence-corrected chi connectivity index (χ0v) is 5.90. The molecule has 0 aromatic rings. The second-order valence-corrected chi connectivity index (χ2v) is 2.91. The molecule has 0 heterocycles. The maximum Gasteiger partial charge on any atom is 0.106 e. The number of aliphatic hydroxyl groups is 3. The predicted molar refractivity (Wildman–Crippen MR) is 36.5 cm³/mol. The largest absolute Gasteiger partial charge is 0.390 e. The van der Waals surface area contributed by atoms with Gasteiger partial charge >= 0.3 is 0 Å². The molecule has 0 aliphatic heterocycles. The smallest absolute Gasteiger partial charge is 0.106 e. The highest BCUT2D eigenvalue weighted by Gasteiger charge is 2.26. The molecule has 1 saturated carbocycles. The van der Waals surface area contributed by atoms with Crippen LogP contribution in [0.4, 0.5) is 0 Å². The molecule has 0 unspecified atom stereocenters. The van der Waals surface area contributed by atoms with E-state index in [-0.39, 0.29) is 0 Å². The van der Waals surface area contributed by atoms with E-state index in [0.717, 1.165) is 12.8 Å². The van der Waals surface area contributed by atoms with Crippen LogP contribution in [0, 0.1) is 0 Å². The van der Waals surface area contributed by atoms with Crippen molar-refractivity contribution in [3.05, 3.63) is 0 Å². The van der Waals surface area contributed by atoms with E-state index in [2.05, 4.69) is 0 Å². The molecule has 0 aromatic carbocycles. The number of aliphatic hydroxyl groups excluding tert-OH is 3. The van der Waals surface area contributed by atoms with Gasteiger partial charge in [0.05, 0.1) is 12.2 Å². The molecule has 1 aliphatic carbocycles. The first-order valence-electron chi connectivity index (χ1n) is 3.76. The van der Waals surface area contributed by atoms with Crippen LogP contribution in [-0.2, 0) is 0 Å². The molecule has 3 nitrogen and oxygen atoms in total. The molecule has 1 aliphatic rings. The second-order valence-electron chi connectivity index (χ2n) is 2.91. The summed E-state index contributed by atoms with van der Waals surface area (Å²) in [6.07, 6.45) is 0.638. The number of hydrogen-bond acceptors (Lipinski definition) is 3. The van der Waals surface area contributed by atoms with E-state index < -0.39 is 18.3 Å². The van der Waals surface area contributed by atoms with E-state index in [1.165, 1.54) is 0 Å². The lowest BCUT2D eigenvalue weighted by Gasteiger charge is -2.18. The van der Waals surface area contributed by atoms with Crippen molar-refractivity contribution in [3.8, 4) is 0 Å². The van der Waals surface area contributed by atoms with Crippen LogP contribution in [0.15, 0.2) is 0 Å². The summed E-state index contributed by atoms with van der Waals surface area (Å²) in [7, 11) is 0. The SMILES string of the molecule is OC1[C@H](O)CCCC[C@H]1O. The first kappa shape index (κ1) is 7.98. The minimum atomic E-state index is -0.928. The topological polar surface area (TPSA) is 60.7 Å². The van der Waals surface area contributed by atoms with Crippen molar-refractivity contribution in [2.75, 3.05) is 0 Å². The summed E-state index contributed by atoms with van der Waals surface area (Å²) in [5, 5.41) is 27.4. The third kappa shape index (κ3) is 1.68. The molecular formula is C7H14O3. The lowest BCUT2D eigenvalue weighted by atomic mass is 10.1. The molecule has 1 rings (SSSR count). The first-order chi connectivity index (χ1) is 4.72. The lowest BCUT2D eigenvalue weighted by molar-refractivity contribution is -0.0553. The summed E-state index contributed by atoms with van der Waals surface area (Å²) in [5.41, 5.74) is 0. The van der Waals surface area contributed by atoms with Gasteiger partial charge < -0.3 is 15.3 Å². The van der Waals surface area contributed by atoms with Gasteiger partial charge in [-0.05, 0) is 12.8 Å². The molecule has 0 spiro atoms. The van der Waals surface area contributed by atoms with Gasteiger partial charge in [-0.2, -0.15) is 0 Å². The normalized spacial score (nSPS) is 37.5. The van der Waals surface area contributed by atoms with Gasteiger partial charge in [-0.3, -0.25) is 0 Å². The first-order valence-corrected chi connectivity index (χ1v) is 3.76. The second kappa shape index (κ2) is 3.32. The standard InChI is InChI=1S/C7H14O3/c8-5-3-1-2-4-6(9)7(5)10/h5-10H,1-4H2/t5-,6-/m1/s1. The minimum Gasteiger partial charge on any atom is -0.390 e. The fourth-order valence-electron chi connectivity index (χ4n) is 1.30. The maximum atomic E-state index is 9.13. The van der Waals surface area contributed by atoms with Gasteiger partial charge in [-0.25, -0.2) is 0 Å². The van der Waals surface area contributed by atoms with E-state index in [0.29, 0.717) is 12.8 Å². The van der Waals surface area contributed by atoms with Crippen LogP contribution in [0.25, 0.3) is 0 Å². The van der Waals surface area contributed by atoms with Crippen LogP contribution < -0.4 is 0 Å². The summed E-state index contributed by atoms with van der Waals surface area (Å²) < 4.78 is 0. The van der Waals surface area contributed by atoms with Crippen molar-refractivity contribution < 1.29 is 15.3 Å². The molecule has 0 saturated heterocycles. The van der Waals surface area contributed by atoms with Crippen molar-refractivity contribution in [1.82, 2.24) is 0 Å². The van der Waals surface area contributed by atoms with E-state index in [9.17, 15) is 0 Å². The van der Waals surface area contributed by atoms with Crippen LogP contribution in [0.5, 0.6) is 0 Å². The molecule has 0 amide bonds. The van der Waals surface area contributed by atoms with E-state index in [4.69, 9.17) is 15.3 Å². The maximum absolute atomic E-state index is 9.13. The van der Waals surface area contributed by atoms with E-state index >= 15 is 0 Å². The predicted octanol–water partition coefficient (Wildman–Crippen LogP) is -0.357. The van der Waals surface area contributed by atoms with Crippen LogP contribution >= 0.6 is 0 Å². The van der Waals surface area contributed by atoms with Gasteiger partial charge in [0, 0.05) is 0 Å². The average molecular weight is 146 g/mol. The summed E-state index contributed by atoms with van der Waals surface area (Å²) in [6, 6.07) is 0. The summed E-state index contributed by atoms with van der Waals surface area (Å²) in [6.45, 7) is 0. The van der Waals surface area contributed by atoms with Crippen LogP contribution in [0.2, 0.25) is 0 Å². The third-order valence-corrected chi connectivity index (χ3v) is 2.04. The Morgan fingerprint density at radius 2 is 1.20 bits per heavy atom. The molecule has 1 fully saturated rings. The Bertz CT molecular complexity index is 93.0. The summed E-state index contributed by atoms with van der Waals surface area (Å²) >= 11 is 0. The van der Waals surface area contributed by atoms with Crippen molar-refractivity contribution in [1.29, 1.82) is 0 Å². The fraction of sp³-hybridized carbons (Fsp3) is 1.00. The van der Waals surface area contributed by atoms with Gasteiger partial charge in [-0.1, -0.05) is 12.8 Å². The summed E-state index contributed by atoms with van der Waals surface area (Å²) in [4.78, 5) is 0. The Hall–Kier alpha value is -0.120. The van der Waals surface area contributed by atoms with Gasteiger partial charge in [-0.15, -0.1) is 0 Å². The molecule has 0 bridgehead atoms. The minimum absolute atomic E-state index is 0.609. The third-order valence-electron chi connectivity index (χ3n) is 2.04. The Labute approximate surface area is 60.3 Å². The van der Waals surface area contributed by atoms with E-state index in [1.807, 2.05) is 0 Å². The van der Waals surface area contributed by atoms with Gasteiger partial charge in [0.2, 0.25) is 0 Å². The van der Waals surface area contributed by atoms with Gasteiger partial charge in [0.25, 0.3) is 0 Å². The molecule has 0 aromatic heterocycles. The highest BCUT2D eigenvalue weighted by atomic mass is 16.4. The van der Waals surface area contributed by atoms with Crippen molar-refractivity contribution in [3.63, 3.8) is 0 Å². The molecule has 60 valence electrons. The van der Waals surface area contributed by atoms with Gasteiger partial charge in [0.1, 0.15) is 6.10 Å². The summed E-state index contributed by atoms with van der Waals surface area (Å²) in [5.74, 6) is 0. The van der Waals surface area contributed by atoms with Crippen molar-refractivity contribution in [2.24, 2.45) is 0 Å². The highest BCUT2D eigenvalue weighted by Crippen LogP contribution is 2.18. The molecular weight excluding hydrogens is 132 g/mol. The van der Waals surface area contributed by atoms with Crippen LogP contribution in [-0.4, -0.2) is 33.6 Å². The molecule has 3 heteroatoms. The number of hydrogen-bond donors (Lipinski definition) is 3. The molecule has 10 heavy (non-hydrogen) atoms. The van der Waals surface area contributed by atoms with Crippen molar-refractivity contribution in [2.45, 2.75) is 44.0 Å². The fourth-order valence-corrected chi connectivity index (χ4v) is 1.30. The Morgan fingerprint density at radius 1 is 0.800 bits per heavy atom. The quantitative estimate of drug-likeness (QED) is 0.409. The Balaban J connectivity index is 2.46. The Morgan fingerprint density at radius 3 is 1.60 bits per heavy atom. The zero-order chi connectivity index (χ0) is 7.56. The monoisotopic (exact) mass is 146 g/mol. The molecule has 3 N–H and O–H groups in total. The average Bonchev–Trinajstić information content (AvgIpc) is 2.04. The zero-order valence-electron chi connectivity index (χ0n) is 5.90. The van der Waals surface area contributed by atoms with Gasteiger partial charge in [0.15, 0.2) is 0 Å². The lowest BCUT2D eigenvalue weighted by Crippen LogP contribution is -2.35. The highest BCUT2D eigenvalue weighted by molar-refractivity contribution is 4.78. The molecule has 2 atom stereocenters. The Kier molecular flexibility index (Phi) is 2.65. The van der Waals surface area contributed by atoms with Crippen LogP contribution in [0.3, 0.4) is 0 Å². The van der Waals surface area contributed by atoms with Crippen LogP contribution in [0.1, 0.15) is 25.7 Å².